The van der Waals surface area contributed by atoms with Crippen molar-refractivity contribution in [3.8, 4) is 0 Å². The topological polar surface area (TPSA) is 9.23 Å². The van der Waals surface area contributed by atoms with E-state index in [1.807, 2.05) is 0 Å². The molecule has 1 saturated carbocycles. The highest BCUT2D eigenvalue weighted by Crippen LogP contribution is 2.24. The maximum Gasteiger partial charge on any atom is 0.0575 e. The van der Waals surface area contributed by atoms with Crippen molar-refractivity contribution < 1.29 is 4.74 Å². The molecule has 12 heavy (non-hydrogen) atoms. The van der Waals surface area contributed by atoms with Crippen LogP contribution in [0.15, 0.2) is 0 Å². The molecule has 1 aliphatic rings. The Kier molecular flexibility index (Phi) is 3.85. The standard InChI is InChI=1S/C10H19ClO/c1-10(2,7-11)8-12-9-5-3-4-6-9/h9H,3-8H2,1-2H3. The predicted octanol–water partition coefficient (Wildman–Crippen LogP) is 3.21. The van der Waals surface area contributed by atoms with Gasteiger partial charge in [-0.05, 0) is 12.8 Å². The van der Waals surface area contributed by atoms with E-state index in [0.29, 0.717) is 12.0 Å². The molecule has 1 aliphatic carbocycles. The lowest BCUT2D eigenvalue weighted by Gasteiger charge is -2.23. The first kappa shape index (κ1) is 10.3. The molecule has 0 unspecified atom stereocenters. The first-order valence-corrected chi connectivity index (χ1v) is 5.35. The number of hydrogen-bond acceptors (Lipinski definition) is 1. The van der Waals surface area contributed by atoms with Gasteiger partial charge in [0.2, 0.25) is 0 Å². The summed E-state index contributed by atoms with van der Waals surface area (Å²) in [5.41, 5.74) is 0.143. The summed E-state index contributed by atoms with van der Waals surface area (Å²) in [5.74, 6) is 0.680. The first-order valence-electron chi connectivity index (χ1n) is 4.82. The minimum Gasteiger partial charge on any atom is -0.378 e. The van der Waals surface area contributed by atoms with Gasteiger partial charge in [0.1, 0.15) is 0 Å². The van der Waals surface area contributed by atoms with Gasteiger partial charge in [-0.2, -0.15) is 0 Å². The van der Waals surface area contributed by atoms with Crippen LogP contribution in [0.5, 0.6) is 0 Å². The van der Waals surface area contributed by atoms with Gasteiger partial charge in [0.25, 0.3) is 0 Å². The molecule has 0 bridgehead atoms. The number of hydrogen-bond donors (Lipinski definition) is 0. The molecule has 0 amide bonds. The van der Waals surface area contributed by atoms with Gasteiger partial charge in [-0.1, -0.05) is 26.7 Å². The minimum absolute atomic E-state index is 0.143. The summed E-state index contributed by atoms with van der Waals surface area (Å²) in [5, 5.41) is 0. The molecule has 1 rings (SSSR count). The lowest BCUT2D eigenvalue weighted by Crippen LogP contribution is -2.24. The summed E-state index contributed by atoms with van der Waals surface area (Å²) >= 11 is 5.80. The predicted molar refractivity (Wildman–Crippen MR) is 52.7 cm³/mol. The molecular weight excluding hydrogens is 172 g/mol. The molecule has 0 aromatic rings. The highest BCUT2D eigenvalue weighted by Gasteiger charge is 2.21. The lowest BCUT2D eigenvalue weighted by atomic mass is 9.98. The van der Waals surface area contributed by atoms with Crippen LogP contribution in [0, 0.1) is 5.41 Å². The average Bonchev–Trinajstić information content (AvgIpc) is 2.53. The van der Waals surface area contributed by atoms with Crippen molar-refractivity contribution in [2.45, 2.75) is 45.6 Å². The first-order chi connectivity index (χ1) is 5.64. The molecule has 0 atom stereocenters. The van der Waals surface area contributed by atoms with Crippen LogP contribution in [0.25, 0.3) is 0 Å². The molecule has 72 valence electrons. The Balaban J connectivity index is 2.15. The fourth-order valence-corrected chi connectivity index (χ4v) is 1.51. The van der Waals surface area contributed by atoms with Crippen molar-refractivity contribution in [1.29, 1.82) is 0 Å². The summed E-state index contributed by atoms with van der Waals surface area (Å²) in [7, 11) is 0. The van der Waals surface area contributed by atoms with Crippen molar-refractivity contribution in [2.75, 3.05) is 12.5 Å². The van der Waals surface area contributed by atoms with E-state index in [-0.39, 0.29) is 5.41 Å². The second-order valence-electron chi connectivity index (χ2n) is 4.52. The van der Waals surface area contributed by atoms with Gasteiger partial charge >= 0.3 is 0 Å². The van der Waals surface area contributed by atoms with Crippen molar-refractivity contribution in [3.63, 3.8) is 0 Å². The molecule has 1 fully saturated rings. The van der Waals surface area contributed by atoms with E-state index in [4.69, 9.17) is 16.3 Å². The molecule has 2 heteroatoms. The van der Waals surface area contributed by atoms with Gasteiger partial charge < -0.3 is 4.74 Å². The fourth-order valence-electron chi connectivity index (χ4n) is 1.44. The molecule has 0 heterocycles. The summed E-state index contributed by atoms with van der Waals surface area (Å²) < 4.78 is 5.77. The molecule has 0 aliphatic heterocycles. The third-order valence-corrected chi connectivity index (χ3v) is 3.10. The van der Waals surface area contributed by atoms with Gasteiger partial charge in [-0.15, -0.1) is 11.6 Å². The maximum atomic E-state index is 5.80. The Hall–Kier alpha value is 0.250. The SMILES string of the molecule is CC(C)(CCl)COC1CCCC1. The number of ether oxygens (including phenoxy) is 1. The second kappa shape index (κ2) is 4.48. The Morgan fingerprint density at radius 1 is 1.33 bits per heavy atom. The summed E-state index contributed by atoms with van der Waals surface area (Å²) in [6.45, 7) is 5.10. The van der Waals surface area contributed by atoms with Gasteiger partial charge in [0.05, 0.1) is 12.7 Å². The average molecular weight is 191 g/mol. The zero-order valence-electron chi connectivity index (χ0n) is 8.11. The monoisotopic (exact) mass is 190 g/mol. The zero-order chi connectivity index (χ0) is 9.03. The Labute approximate surface area is 80.4 Å². The van der Waals surface area contributed by atoms with Gasteiger partial charge in [0.15, 0.2) is 0 Å². The number of halogens is 1. The van der Waals surface area contributed by atoms with Crippen molar-refractivity contribution in [3.05, 3.63) is 0 Å². The van der Waals surface area contributed by atoms with E-state index in [0.717, 1.165) is 6.61 Å². The minimum atomic E-state index is 0.143. The lowest BCUT2D eigenvalue weighted by molar-refractivity contribution is 0.0140. The van der Waals surface area contributed by atoms with Crippen molar-refractivity contribution in [1.82, 2.24) is 0 Å². The Morgan fingerprint density at radius 3 is 2.42 bits per heavy atom. The van der Waals surface area contributed by atoms with Crippen LogP contribution < -0.4 is 0 Å². The molecule has 0 spiro atoms. The van der Waals surface area contributed by atoms with E-state index in [1.165, 1.54) is 25.7 Å². The van der Waals surface area contributed by atoms with Crippen LogP contribution in [0.3, 0.4) is 0 Å². The van der Waals surface area contributed by atoms with Crippen LogP contribution in [0.4, 0.5) is 0 Å². The van der Waals surface area contributed by atoms with Crippen molar-refractivity contribution in [2.24, 2.45) is 5.41 Å². The van der Waals surface area contributed by atoms with Gasteiger partial charge in [0, 0.05) is 11.3 Å². The normalized spacial score (nSPS) is 20.2. The summed E-state index contributed by atoms with van der Waals surface area (Å²) in [4.78, 5) is 0. The molecule has 0 aromatic heterocycles. The fraction of sp³-hybridized carbons (Fsp3) is 1.00. The van der Waals surface area contributed by atoms with Crippen LogP contribution >= 0.6 is 11.6 Å². The van der Waals surface area contributed by atoms with Crippen LogP contribution in [0.1, 0.15) is 39.5 Å². The quantitative estimate of drug-likeness (QED) is 0.619. The van der Waals surface area contributed by atoms with Crippen LogP contribution in [-0.4, -0.2) is 18.6 Å². The zero-order valence-corrected chi connectivity index (χ0v) is 8.86. The number of rotatable bonds is 4. The Bertz CT molecular complexity index is 128. The molecule has 0 saturated heterocycles. The highest BCUT2D eigenvalue weighted by molar-refractivity contribution is 6.18. The summed E-state index contributed by atoms with van der Waals surface area (Å²) in [6.07, 6.45) is 5.70. The third-order valence-electron chi connectivity index (χ3n) is 2.37. The van der Waals surface area contributed by atoms with Crippen LogP contribution in [0.2, 0.25) is 0 Å². The van der Waals surface area contributed by atoms with E-state index < -0.39 is 0 Å². The summed E-state index contributed by atoms with van der Waals surface area (Å²) in [6, 6.07) is 0. The highest BCUT2D eigenvalue weighted by atomic mass is 35.5. The number of alkyl halides is 1. The molecular formula is C10H19ClO. The van der Waals surface area contributed by atoms with E-state index in [1.54, 1.807) is 0 Å². The molecule has 0 N–H and O–H groups in total. The van der Waals surface area contributed by atoms with Crippen LogP contribution in [-0.2, 0) is 4.74 Å². The van der Waals surface area contributed by atoms with E-state index in [2.05, 4.69) is 13.8 Å². The third kappa shape index (κ3) is 3.32. The largest absolute Gasteiger partial charge is 0.378 e. The second-order valence-corrected chi connectivity index (χ2v) is 4.78. The molecule has 0 radical (unpaired) electrons. The smallest absolute Gasteiger partial charge is 0.0575 e. The molecule has 1 nitrogen and oxygen atoms in total. The molecule has 0 aromatic carbocycles. The maximum absolute atomic E-state index is 5.80. The Morgan fingerprint density at radius 2 is 1.92 bits per heavy atom. The van der Waals surface area contributed by atoms with Gasteiger partial charge in [-0.3, -0.25) is 0 Å². The van der Waals surface area contributed by atoms with E-state index >= 15 is 0 Å². The van der Waals surface area contributed by atoms with Gasteiger partial charge in [-0.25, -0.2) is 0 Å². The van der Waals surface area contributed by atoms with E-state index in [9.17, 15) is 0 Å². The van der Waals surface area contributed by atoms with Crippen molar-refractivity contribution >= 4 is 11.6 Å².